The molecule has 1 aromatic rings. The molecule has 1 aromatic carbocycles. The van der Waals surface area contributed by atoms with Crippen LogP contribution in [-0.4, -0.2) is 29.4 Å². The second-order valence-electron chi connectivity index (χ2n) is 3.11. The van der Waals surface area contributed by atoms with E-state index in [2.05, 4.69) is 38.1 Å². The number of hydrogen-bond acceptors (Lipinski definition) is 2. The van der Waals surface area contributed by atoms with Crippen LogP contribution in [0.5, 0.6) is 0 Å². The van der Waals surface area contributed by atoms with E-state index < -0.39 is 15.6 Å². The molecular weight excluding hydrogens is 286 g/mol. The van der Waals surface area contributed by atoms with Crippen molar-refractivity contribution < 1.29 is 38.5 Å². The first kappa shape index (κ1) is 19.8. The van der Waals surface area contributed by atoms with Gasteiger partial charge in [0.25, 0.3) is 0 Å². The molecule has 0 saturated carbocycles. The van der Waals surface area contributed by atoms with Gasteiger partial charge in [-0.2, -0.15) is 0 Å². The molecule has 0 bridgehead atoms. The summed E-state index contributed by atoms with van der Waals surface area (Å²) in [5, 5.41) is 0. The highest BCUT2D eigenvalue weighted by atomic mass is 31.2. The summed E-state index contributed by atoms with van der Waals surface area (Å²) in [7, 11) is -9.28. The van der Waals surface area contributed by atoms with Gasteiger partial charge in [-0.05, 0) is 25.0 Å². The molecule has 0 radical (unpaired) electrons. The SMILES string of the molecule is Cc1ccccc1C.O=P(O)(O)O.O=P(O)(O)O. The third-order valence-electron chi connectivity index (χ3n) is 1.43. The second-order valence-corrected chi connectivity index (χ2v) is 5.16. The van der Waals surface area contributed by atoms with Gasteiger partial charge in [0.1, 0.15) is 0 Å². The van der Waals surface area contributed by atoms with Crippen LogP contribution in [0.2, 0.25) is 0 Å². The average molecular weight is 302 g/mol. The predicted molar refractivity (Wildman–Crippen MR) is 64.4 cm³/mol. The highest BCUT2D eigenvalue weighted by Crippen LogP contribution is 2.26. The van der Waals surface area contributed by atoms with Crippen molar-refractivity contribution in [3.63, 3.8) is 0 Å². The first-order valence-electron chi connectivity index (χ1n) is 4.39. The molecule has 0 unspecified atom stereocenters. The minimum Gasteiger partial charge on any atom is -0.303 e. The van der Waals surface area contributed by atoms with Crippen molar-refractivity contribution in [2.75, 3.05) is 0 Å². The van der Waals surface area contributed by atoms with Crippen molar-refractivity contribution in [2.24, 2.45) is 0 Å². The van der Waals surface area contributed by atoms with E-state index in [1.165, 1.54) is 11.1 Å². The molecule has 106 valence electrons. The lowest BCUT2D eigenvalue weighted by Crippen LogP contribution is -1.74. The molecule has 0 saturated heterocycles. The Balaban J connectivity index is 0. The number of benzene rings is 1. The molecule has 0 fully saturated rings. The summed E-state index contributed by atoms with van der Waals surface area (Å²) in [6.07, 6.45) is 0. The van der Waals surface area contributed by atoms with Gasteiger partial charge in [-0.3, -0.25) is 0 Å². The summed E-state index contributed by atoms with van der Waals surface area (Å²) >= 11 is 0. The Labute approximate surface area is 104 Å². The molecule has 1 rings (SSSR count). The molecule has 0 aromatic heterocycles. The van der Waals surface area contributed by atoms with Gasteiger partial charge in [0, 0.05) is 0 Å². The fraction of sp³-hybridized carbons (Fsp3) is 0.250. The van der Waals surface area contributed by atoms with Crippen molar-refractivity contribution in [2.45, 2.75) is 13.8 Å². The van der Waals surface area contributed by atoms with Crippen molar-refractivity contribution >= 4 is 15.6 Å². The molecule has 0 heterocycles. The Morgan fingerprint density at radius 2 is 0.889 bits per heavy atom. The van der Waals surface area contributed by atoms with Crippen LogP contribution in [0.4, 0.5) is 0 Å². The summed E-state index contributed by atoms with van der Waals surface area (Å²) in [6, 6.07) is 8.36. The van der Waals surface area contributed by atoms with Gasteiger partial charge in [0.05, 0.1) is 0 Å². The van der Waals surface area contributed by atoms with Crippen LogP contribution in [0, 0.1) is 13.8 Å². The monoisotopic (exact) mass is 302 g/mol. The minimum atomic E-state index is -4.64. The predicted octanol–water partition coefficient (Wildman–Crippen LogP) is 0.446. The van der Waals surface area contributed by atoms with Crippen molar-refractivity contribution in [3.8, 4) is 0 Å². The van der Waals surface area contributed by atoms with Crippen LogP contribution in [0.15, 0.2) is 24.3 Å². The van der Waals surface area contributed by atoms with Crippen LogP contribution in [0.3, 0.4) is 0 Å². The highest BCUT2D eigenvalue weighted by Gasteiger charge is 2.00. The van der Waals surface area contributed by atoms with E-state index in [0.717, 1.165) is 0 Å². The lowest BCUT2D eigenvalue weighted by atomic mass is 10.1. The zero-order valence-corrected chi connectivity index (χ0v) is 11.5. The smallest absolute Gasteiger partial charge is 0.303 e. The maximum Gasteiger partial charge on any atom is 0.466 e. The Hall–Kier alpha value is -0.560. The van der Waals surface area contributed by atoms with E-state index in [4.69, 9.17) is 38.5 Å². The lowest BCUT2D eigenvalue weighted by Gasteiger charge is -1.93. The number of rotatable bonds is 0. The minimum absolute atomic E-state index is 1.37. The van der Waals surface area contributed by atoms with Crippen LogP contribution in [0.1, 0.15) is 11.1 Å². The fourth-order valence-corrected chi connectivity index (χ4v) is 0.663. The normalized spacial score (nSPS) is 10.7. The molecule has 0 aliphatic rings. The number of aryl methyl sites for hydroxylation is 2. The molecular formula is C8H16O8P2. The summed E-state index contributed by atoms with van der Waals surface area (Å²) < 4.78 is 17.8. The molecule has 0 spiro atoms. The summed E-state index contributed by atoms with van der Waals surface area (Å²) in [5.74, 6) is 0. The van der Waals surface area contributed by atoms with E-state index in [-0.39, 0.29) is 0 Å². The van der Waals surface area contributed by atoms with E-state index in [1.807, 2.05) is 0 Å². The largest absolute Gasteiger partial charge is 0.466 e. The molecule has 18 heavy (non-hydrogen) atoms. The zero-order valence-electron chi connectivity index (χ0n) is 9.70. The van der Waals surface area contributed by atoms with Crippen molar-refractivity contribution in [1.82, 2.24) is 0 Å². The van der Waals surface area contributed by atoms with Gasteiger partial charge in [-0.15, -0.1) is 0 Å². The molecule has 8 nitrogen and oxygen atoms in total. The van der Waals surface area contributed by atoms with Crippen molar-refractivity contribution in [3.05, 3.63) is 35.4 Å². The van der Waals surface area contributed by atoms with E-state index in [9.17, 15) is 0 Å². The first-order chi connectivity index (χ1) is 7.80. The average Bonchev–Trinajstić information content (AvgIpc) is 2.04. The van der Waals surface area contributed by atoms with E-state index in [1.54, 1.807) is 0 Å². The third kappa shape index (κ3) is 29.5. The van der Waals surface area contributed by atoms with Crippen molar-refractivity contribution in [1.29, 1.82) is 0 Å². The quantitative estimate of drug-likeness (QED) is 0.377. The second kappa shape index (κ2) is 8.53. The van der Waals surface area contributed by atoms with E-state index in [0.29, 0.717) is 0 Å². The third-order valence-corrected chi connectivity index (χ3v) is 1.43. The first-order valence-corrected chi connectivity index (χ1v) is 7.52. The molecule has 10 heteroatoms. The summed E-state index contributed by atoms with van der Waals surface area (Å²) in [5.41, 5.74) is 2.74. The maximum absolute atomic E-state index is 8.88. The van der Waals surface area contributed by atoms with Gasteiger partial charge in [-0.1, -0.05) is 24.3 Å². The summed E-state index contributed by atoms with van der Waals surface area (Å²) in [4.78, 5) is 43.1. The Morgan fingerprint density at radius 3 is 1.00 bits per heavy atom. The van der Waals surface area contributed by atoms with Crippen LogP contribution in [0.25, 0.3) is 0 Å². The number of phosphoric acid groups is 2. The maximum atomic E-state index is 8.88. The van der Waals surface area contributed by atoms with E-state index >= 15 is 0 Å². The molecule has 0 aliphatic carbocycles. The summed E-state index contributed by atoms with van der Waals surface area (Å²) in [6.45, 7) is 4.24. The topological polar surface area (TPSA) is 156 Å². The van der Waals surface area contributed by atoms with Crippen LogP contribution >= 0.6 is 15.6 Å². The molecule has 0 aliphatic heterocycles. The molecule has 0 atom stereocenters. The lowest BCUT2D eigenvalue weighted by molar-refractivity contribution is 0.272. The van der Waals surface area contributed by atoms with Gasteiger partial charge in [-0.25, -0.2) is 9.13 Å². The highest BCUT2D eigenvalue weighted by molar-refractivity contribution is 7.45. The Bertz CT molecular complexity index is 377. The van der Waals surface area contributed by atoms with Gasteiger partial charge < -0.3 is 29.4 Å². The van der Waals surface area contributed by atoms with Crippen LogP contribution < -0.4 is 0 Å². The Kier molecular flexibility index (Phi) is 9.37. The van der Waals surface area contributed by atoms with Gasteiger partial charge in [0.15, 0.2) is 0 Å². The number of hydrogen-bond donors (Lipinski definition) is 6. The molecule has 6 N–H and O–H groups in total. The van der Waals surface area contributed by atoms with Gasteiger partial charge >= 0.3 is 15.6 Å². The van der Waals surface area contributed by atoms with Gasteiger partial charge in [0.2, 0.25) is 0 Å². The molecule has 0 amide bonds. The zero-order chi connectivity index (χ0) is 15.0. The van der Waals surface area contributed by atoms with Crippen LogP contribution in [-0.2, 0) is 9.13 Å². The Morgan fingerprint density at radius 1 is 0.722 bits per heavy atom. The standard InChI is InChI=1S/C8H10.2H3O4P/c1-7-5-3-4-6-8(7)2;2*1-5(2,3)4/h3-6H,1-2H3;2*(H3,1,2,3,4). The fourth-order valence-electron chi connectivity index (χ4n) is 0.663.